The van der Waals surface area contributed by atoms with Crippen molar-refractivity contribution in [3.63, 3.8) is 0 Å². The normalized spacial score (nSPS) is 10.7. The molecule has 108 valence electrons. The highest BCUT2D eigenvalue weighted by molar-refractivity contribution is 8.00. The molecule has 0 saturated heterocycles. The Labute approximate surface area is 121 Å². The Morgan fingerprint density at radius 3 is 3.10 bits per heavy atom. The zero-order valence-corrected chi connectivity index (χ0v) is 12.4. The minimum Gasteiger partial charge on any atom is -0.465 e. The molecule has 0 spiro atoms. The van der Waals surface area contributed by atoms with Crippen LogP contribution in [-0.4, -0.2) is 39.2 Å². The van der Waals surface area contributed by atoms with Crippen molar-refractivity contribution in [1.82, 2.24) is 14.4 Å². The van der Waals surface area contributed by atoms with Crippen LogP contribution in [0.4, 0.5) is 5.82 Å². The van der Waals surface area contributed by atoms with E-state index in [-0.39, 0.29) is 11.7 Å². The van der Waals surface area contributed by atoms with E-state index in [9.17, 15) is 4.79 Å². The van der Waals surface area contributed by atoms with Gasteiger partial charge in [-0.25, -0.2) is 9.97 Å². The summed E-state index contributed by atoms with van der Waals surface area (Å²) in [7, 11) is 0. The molecule has 0 radical (unpaired) electrons. The summed E-state index contributed by atoms with van der Waals surface area (Å²) >= 11 is 1.34. The Hall–Kier alpha value is -1.76. The van der Waals surface area contributed by atoms with Crippen LogP contribution in [0.5, 0.6) is 0 Å². The van der Waals surface area contributed by atoms with E-state index in [0.717, 1.165) is 29.5 Å². The van der Waals surface area contributed by atoms with Crippen molar-refractivity contribution in [2.24, 2.45) is 0 Å². The van der Waals surface area contributed by atoms with Gasteiger partial charge in [-0.15, -0.1) is 0 Å². The Balaban J connectivity index is 2.16. The fraction of sp³-hybridized carbons (Fsp3) is 0.462. The number of esters is 1. The molecule has 2 aromatic rings. The predicted molar refractivity (Wildman–Crippen MR) is 79.1 cm³/mol. The number of thioether (sulfide) groups is 1. The number of aromatic nitrogens is 3. The van der Waals surface area contributed by atoms with Crippen molar-refractivity contribution in [1.29, 1.82) is 0 Å². The highest BCUT2D eigenvalue weighted by atomic mass is 32.2. The van der Waals surface area contributed by atoms with Gasteiger partial charge in [0.1, 0.15) is 10.8 Å². The molecule has 0 aliphatic rings. The number of ether oxygens (including phenoxy) is 1. The van der Waals surface area contributed by atoms with Gasteiger partial charge in [0, 0.05) is 18.9 Å². The number of rotatable bonds is 7. The van der Waals surface area contributed by atoms with Crippen molar-refractivity contribution in [2.45, 2.75) is 25.3 Å². The van der Waals surface area contributed by atoms with Crippen LogP contribution >= 0.6 is 11.8 Å². The van der Waals surface area contributed by atoms with E-state index in [4.69, 9.17) is 4.74 Å². The lowest BCUT2D eigenvalue weighted by atomic mass is 10.5. The molecule has 0 fully saturated rings. The second-order valence-electron chi connectivity index (χ2n) is 4.11. The fourth-order valence-corrected chi connectivity index (χ4v) is 2.46. The molecule has 0 aliphatic carbocycles. The molecule has 2 heterocycles. The van der Waals surface area contributed by atoms with Crippen LogP contribution in [0.15, 0.2) is 23.6 Å². The lowest BCUT2D eigenvalue weighted by Crippen LogP contribution is -2.08. The van der Waals surface area contributed by atoms with E-state index in [1.807, 2.05) is 16.8 Å². The number of carbonyl (C=O) groups is 1. The number of nitrogens with zero attached hydrogens (tertiary/aromatic N) is 3. The lowest BCUT2D eigenvalue weighted by molar-refractivity contribution is -0.139. The predicted octanol–water partition coefficient (Wildman–Crippen LogP) is 2.21. The van der Waals surface area contributed by atoms with Gasteiger partial charge in [0.05, 0.1) is 18.6 Å². The number of hydrogen-bond acceptors (Lipinski definition) is 6. The number of carbonyl (C=O) groups excluding carboxylic acids is 1. The monoisotopic (exact) mass is 294 g/mol. The molecular weight excluding hydrogens is 276 g/mol. The Morgan fingerprint density at radius 2 is 2.35 bits per heavy atom. The zero-order valence-electron chi connectivity index (χ0n) is 11.6. The first kappa shape index (κ1) is 14.6. The van der Waals surface area contributed by atoms with Gasteiger partial charge in [0.2, 0.25) is 0 Å². The van der Waals surface area contributed by atoms with Gasteiger partial charge in [0.15, 0.2) is 5.65 Å². The quantitative estimate of drug-likeness (QED) is 0.624. The van der Waals surface area contributed by atoms with Crippen molar-refractivity contribution in [3.8, 4) is 0 Å². The van der Waals surface area contributed by atoms with Crippen molar-refractivity contribution in [3.05, 3.63) is 18.6 Å². The van der Waals surface area contributed by atoms with Crippen LogP contribution in [0.3, 0.4) is 0 Å². The minimum absolute atomic E-state index is 0.237. The van der Waals surface area contributed by atoms with Crippen LogP contribution < -0.4 is 5.32 Å². The maximum atomic E-state index is 11.4. The Bertz CT molecular complexity index is 585. The average Bonchev–Trinajstić information content (AvgIpc) is 2.91. The van der Waals surface area contributed by atoms with E-state index in [1.165, 1.54) is 11.8 Å². The number of fused-ring (bicyclic) bond motifs is 1. The summed E-state index contributed by atoms with van der Waals surface area (Å²) in [6.07, 6.45) is 6.50. The minimum atomic E-state index is -0.240. The van der Waals surface area contributed by atoms with Gasteiger partial charge in [-0.05, 0) is 13.3 Å². The summed E-state index contributed by atoms with van der Waals surface area (Å²) in [5, 5.41) is 3.97. The molecule has 0 amide bonds. The van der Waals surface area contributed by atoms with E-state index in [0.29, 0.717) is 6.61 Å². The number of anilines is 1. The van der Waals surface area contributed by atoms with Crippen LogP contribution in [0.25, 0.3) is 5.65 Å². The molecule has 0 aromatic carbocycles. The molecule has 0 aliphatic heterocycles. The second kappa shape index (κ2) is 7.14. The first-order valence-corrected chi connectivity index (χ1v) is 7.59. The molecule has 0 saturated carbocycles. The molecule has 0 unspecified atom stereocenters. The SMILES string of the molecule is CCCNc1cn2ccnc2c(SCC(=O)OCC)n1. The van der Waals surface area contributed by atoms with Crippen LogP contribution in [-0.2, 0) is 9.53 Å². The highest BCUT2D eigenvalue weighted by Gasteiger charge is 2.11. The Kier molecular flexibility index (Phi) is 5.23. The molecule has 2 rings (SSSR count). The molecule has 0 atom stereocenters. The van der Waals surface area contributed by atoms with Crippen LogP contribution in [0.2, 0.25) is 0 Å². The number of imidazole rings is 1. The van der Waals surface area contributed by atoms with Gasteiger partial charge >= 0.3 is 5.97 Å². The third-order valence-electron chi connectivity index (χ3n) is 2.53. The maximum Gasteiger partial charge on any atom is 0.316 e. The van der Waals surface area contributed by atoms with Gasteiger partial charge in [-0.1, -0.05) is 18.7 Å². The summed E-state index contributed by atoms with van der Waals surface area (Å²) < 4.78 is 6.82. The summed E-state index contributed by atoms with van der Waals surface area (Å²) in [6, 6.07) is 0. The first-order chi connectivity index (χ1) is 9.74. The molecule has 2 aromatic heterocycles. The van der Waals surface area contributed by atoms with Gasteiger partial charge in [-0.3, -0.25) is 4.79 Å². The Morgan fingerprint density at radius 1 is 1.50 bits per heavy atom. The third-order valence-corrected chi connectivity index (χ3v) is 3.46. The van der Waals surface area contributed by atoms with Gasteiger partial charge < -0.3 is 14.5 Å². The second-order valence-corrected chi connectivity index (χ2v) is 5.07. The maximum absolute atomic E-state index is 11.4. The van der Waals surface area contributed by atoms with E-state index < -0.39 is 0 Å². The topological polar surface area (TPSA) is 68.5 Å². The van der Waals surface area contributed by atoms with Crippen molar-refractivity contribution in [2.75, 3.05) is 24.2 Å². The van der Waals surface area contributed by atoms with Crippen molar-refractivity contribution < 1.29 is 9.53 Å². The molecule has 7 heteroatoms. The van der Waals surface area contributed by atoms with Gasteiger partial charge in [-0.2, -0.15) is 0 Å². The summed E-state index contributed by atoms with van der Waals surface area (Å²) in [6.45, 7) is 5.14. The van der Waals surface area contributed by atoms with Crippen LogP contribution in [0, 0.1) is 0 Å². The standard InChI is InChI=1S/C13H18N4O2S/c1-3-5-14-10-8-17-7-6-15-12(17)13(16-10)20-9-11(18)19-4-2/h6-8,14H,3-5,9H2,1-2H3. The molecule has 1 N–H and O–H groups in total. The first-order valence-electron chi connectivity index (χ1n) is 6.60. The summed E-state index contributed by atoms with van der Waals surface area (Å²) in [5.74, 6) is 0.778. The average molecular weight is 294 g/mol. The summed E-state index contributed by atoms with van der Waals surface area (Å²) in [4.78, 5) is 20.2. The smallest absolute Gasteiger partial charge is 0.316 e. The number of nitrogens with one attached hydrogen (secondary N) is 1. The van der Waals surface area contributed by atoms with E-state index in [2.05, 4.69) is 22.2 Å². The third kappa shape index (κ3) is 3.63. The molecule has 20 heavy (non-hydrogen) atoms. The highest BCUT2D eigenvalue weighted by Crippen LogP contribution is 2.22. The van der Waals surface area contributed by atoms with Crippen molar-refractivity contribution >= 4 is 29.2 Å². The van der Waals surface area contributed by atoms with Crippen LogP contribution in [0.1, 0.15) is 20.3 Å². The van der Waals surface area contributed by atoms with E-state index >= 15 is 0 Å². The van der Waals surface area contributed by atoms with Gasteiger partial charge in [0.25, 0.3) is 0 Å². The number of hydrogen-bond donors (Lipinski definition) is 1. The largest absolute Gasteiger partial charge is 0.465 e. The summed E-state index contributed by atoms with van der Waals surface area (Å²) in [5.41, 5.74) is 0.751. The molecular formula is C13H18N4O2S. The molecule has 6 nitrogen and oxygen atoms in total. The van der Waals surface area contributed by atoms with E-state index in [1.54, 1.807) is 13.1 Å². The lowest BCUT2D eigenvalue weighted by Gasteiger charge is -2.08. The fourth-order valence-electron chi connectivity index (χ4n) is 1.67. The zero-order chi connectivity index (χ0) is 14.4. The molecule has 0 bridgehead atoms.